The van der Waals surface area contributed by atoms with Crippen molar-refractivity contribution in [3.8, 4) is 11.3 Å². The number of nitrogens with two attached hydrogens (primary N) is 1. The molecule has 0 aliphatic rings. The molecular weight excluding hydrogens is 254 g/mol. The Labute approximate surface area is 116 Å². The van der Waals surface area contributed by atoms with Gasteiger partial charge in [0.25, 0.3) is 0 Å². The van der Waals surface area contributed by atoms with E-state index in [4.69, 9.17) is 5.73 Å². The third kappa shape index (κ3) is 1.97. The minimum absolute atomic E-state index is 0.518. The Morgan fingerprint density at radius 3 is 2.63 bits per heavy atom. The summed E-state index contributed by atoms with van der Waals surface area (Å²) in [5.41, 5.74) is 11.7. The Morgan fingerprint density at radius 2 is 2.00 bits per heavy atom. The first-order valence-corrected chi connectivity index (χ1v) is 7.37. The van der Waals surface area contributed by atoms with Gasteiger partial charge in [-0.15, -0.1) is 11.3 Å². The number of benzene rings is 1. The molecule has 0 unspecified atom stereocenters. The van der Waals surface area contributed by atoms with E-state index in [1.54, 1.807) is 11.3 Å². The van der Waals surface area contributed by atoms with Crippen LogP contribution in [0.4, 0.5) is 0 Å². The zero-order valence-corrected chi connectivity index (χ0v) is 12.0. The number of fused-ring (bicyclic) bond motifs is 1. The highest BCUT2D eigenvalue weighted by molar-refractivity contribution is 7.15. The van der Waals surface area contributed by atoms with Crippen LogP contribution in [0, 0.1) is 6.92 Å². The Morgan fingerprint density at radius 1 is 1.26 bits per heavy atom. The second-order valence-corrected chi connectivity index (χ2v) is 5.47. The Kier molecular flexibility index (Phi) is 3.12. The highest BCUT2D eigenvalue weighted by Crippen LogP contribution is 2.28. The topological polar surface area (TPSA) is 43.3 Å². The van der Waals surface area contributed by atoms with E-state index in [0.29, 0.717) is 6.54 Å². The summed E-state index contributed by atoms with van der Waals surface area (Å²) in [5, 5.41) is 2.15. The number of hydrogen-bond donors (Lipinski definition) is 1. The zero-order chi connectivity index (χ0) is 13.4. The number of aromatic nitrogens is 2. The molecular formula is C15H17N3S. The molecule has 0 saturated heterocycles. The molecule has 3 rings (SSSR count). The van der Waals surface area contributed by atoms with Crippen LogP contribution in [0.5, 0.6) is 0 Å². The van der Waals surface area contributed by atoms with Crippen molar-refractivity contribution in [2.24, 2.45) is 5.73 Å². The lowest BCUT2D eigenvalue weighted by atomic mass is 10.1. The lowest BCUT2D eigenvalue weighted by Gasteiger charge is -2.04. The van der Waals surface area contributed by atoms with Gasteiger partial charge in [0, 0.05) is 11.9 Å². The van der Waals surface area contributed by atoms with Crippen molar-refractivity contribution in [1.29, 1.82) is 0 Å². The van der Waals surface area contributed by atoms with Crippen LogP contribution in [0.25, 0.3) is 16.2 Å². The first-order chi connectivity index (χ1) is 9.24. The molecule has 0 fully saturated rings. The first-order valence-electron chi connectivity index (χ1n) is 6.49. The Balaban J connectivity index is 2.18. The van der Waals surface area contributed by atoms with Crippen LogP contribution in [0.3, 0.4) is 0 Å². The van der Waals surface area contributed by atoms with Gasteiger partial charge in [0.15, 0.2) is 4.96 Å². The normalized spacial score (nSPS) is 11.3. The summed E-state index contributed by atoms with van der Waals surface area (Å²) < 4.78 is 2.18. The van der Waals surface area contributed by atoms with E-state index in [1.807, 2.05) is 6.92 Å². The summed E-state index contributed by atoms with van der Waals surface area (Å²) in [5.74, 6) is 0. The molecule has 3 aromatic rings. The van der Waals surface area contributed by atoms with E-state index in [0.717, 1.165) is 22.8 Å². The monoisotopic (exact) mass is 271 g/mol. The van der Waals surface area contributed by atoms with E-state index in [9.17, 15) is 0 Å². The van der Waals surface area contributed by atoms with Gasteiger partial charge in [-0.05, 0) is 24.5 Å². The second-order valence-electron chi connectivity index (χ2n) is 4.64. The second kappa shape index (κ2) is 4.79. The fraction of sp³-hybridized carbons (Fsp3) is 0.267. The van der Waals surface area contributed by atoms with Crippen molar-refractivity contribution in [3.63, 3.8) is 0 Å². The van der Waals surface area contributed by atoms with Crippen LogP contribution >= 0.6 is 11.3 Å². The number of nitrogens with zero attached hydrogens (tertiary/aromatic N) is 2. The van der Waals surface area contributed by atoms with Crippen molar-refractivity contribution in [2.75, 3.05) is 0 Å². The van der Waals surface area contributed by atoms with Crippen molar-refractivity contribution in [2.45, 2.75) is 26.8 Å². The van der Waals surface area contributed by atoms with Gasteiger partial charge in [-0.2, -0.15) is 0 Å². The summed E-state index contributed by atoms with van der Waals surface area (Å²) in [6.45, 7) is 4.71. The highest BCUT2D eigenvalue weighted by Gasteiger charge is 2.13. The van der Waals surface area contributed by atoms with E-state index >= 15 is 0 Å². The van der Waals surface area contributed by atoms with Gasteiger partial charge in [0.1, 0.15) is 0 Å². The maximum Gasteiger partial charge on any atom is 0.194 e. The maximum absolute atomic E-state index is 5.86. The summed E-state index contributed by atoms with van der Waals surface area (Å²) in [6, 6.07) is 8.72. The van der Waals surface area contributed by atoms with Crippen LogP contribution in [0.15, 0.2) is 29.6 Å². The smallest absolute Gasteiger partial charge is 0.194 e. The maximum atomic E-state index is 5.86. The summed E-state index contributed by atoms with van der Waals surface area (Å²) in [7, 11) is 0. The minimum atomic E-state index is 0.518. The Bertz CT molecular complexity index is 707. The van der Waals surface area contributed by atoms with E-state index in [-0.39, 0.29) is 0 Å². The number of aryl methyl sites for hydroxylation is 2. The summed E-state index contributed by atoms with van der Waals surface area (Å²) in [6.07, 6.45) is 1.07. The molecule has 2 aromatic heterocycles. The number of hydrogen-bond acceptors (Lipinski definition) is 3. The quantitative estimate of drug-likeness (QED) is 0.793. The van der Waals surface area contributed by atoms with Crippen molar-refractivity contribution < 1.29 is 0 Å². The van der Waals surface area contributed by atoms with Crippen molar-refractivity contribution >= 4 is 16.3 Å². The van der Waals surface area contributed by atoms with E-state index in [2.05, 4.69) is 46.0 Å². The molecule has 98 valence electrons. The first kappa shape index (κ1) is 12.4. The van der Waals surface area contributed by atoms with Crippen LogP contribution in [0.2, 0.25) is 0 Å². The third-order valence-electron chi connectivity index (χ3n) is 3.51. The number of rotatable bonds is 3. The van der Waals surface area contributed by atoms with Crippen LogP contribution in [-0.2, 0) is 13.0 Å². The van der Waals surface area contributed by atoms with E-state index in [1.165, 1.54) is 16.8 Å². The Hall–Kier alpha value is -1.65. The lowest BCUT2D eigenvalue weighted by Crippen LogP contribution is -2.03. The molecule has 0 spiro atoms. The van der Waals surface area contributed by atoms with Gasteiger partial charge < -0.3 is 5.73 Å². The van der Waals surface area contributed by atoms with Crippen molar-refractivity contribution in [1.82, 2.24) is 9.38 Å². The molecule has 0 aliphatic carbocycles. The fourth-order valence-electron chi connectivity index (χ4n) is 2.37. The van der Waals surface area contributed by atoms with E-state index < -0.39 is 0 Å². The van der Waals surface area contributed by atoms with Crippen LogP contribution in [-0.4, -0.2) is 9.38 Å². The molecule has 0 amide bonds. The summed E-state index contributed by atoms with van der Waals surface area (Å²) >= 11 is 1.67. The average molecular weight is 271 g/mol. The van der Waals surface area contributed by atoms with Gasteiger partial charge in [0.05, 0.1) is 17.1 Å². The van der Waals surface area contributed by atoms with Crippen LogP contribution < -0.4 is 5.73 Å². The molecule has 0 radical (unpaired) electrons. The molecule has 0 atom stereocenters. The molecule has 2 heterocycles. The number of thiazole rings is 1. The van der Waals surface area contributed by atoms with Crippen LogP contribution in [0.1, 0.15) is 23.9 Å². The standard InChI is InChI=1S/C15H17N3S/c1-3-11-4-6-12(7-5-11)14-9-19-15-17-10(2)13(8-16)18(14)15/h4-7,9H,3,8,16H2,1-2H3. The zero-order valence-electron chi connectivity index (χ0n) is 11.2. The molecule has 19 heavy (non-hydrogen) atoms. The summed E-state index contributed by atoms with van der Waals surface area (Å²) in [4.78, 5) is 5.59. The predicted molar refractivity (Wildman–Crippen MR) is 80.5 cm³/mol. The van der Waals surface area contributed by atoms with Crippen molar-refractivity contribution in [3.05, 3.63) is 46.6 Å². The molecule has 0 saturated carbocycles. The van der Waals surface area contributed by atoms with Gasteiger partial charge >= 0.3 is 0 Å². The molecule has 4 heteroatoms. The molecule has 1 aromatic carbocycles. The number of imidazole rings is 1. The van der Waals surface area contributed by atoms with Gasteiger partial charge in [-0.1, -0.05) is 31.2 Å². The molecule has 0 bridgehead atoms. The minimum Gasteiger partial charge on any atom is -0.325 e. The SMILES string of the molecule is CCc1ccc(-c2csc3nc(C)c(CN)n23)cc1. The van der Waals surface area contributed by atoms with Gasteiger partial charge in [-0.3, -0.25) is 4.40 Å². The average Bonchev–Trinajstić information content (AvgIpc) is 2.96. The molecule has 0 aliphatic heterocycles. The molecule has 3 nitrogen and oxygen atoms in total. The third-order valence-corrected chi connectivity index (χ3v) is 4.34. The fourth-order valence-corrected chi connectivity index (χ4v) is 3.33. The van der Waals surface area contributed by atoms with Gasteiger partial charge in [-0.25, -0.2) is 4.98 Å². The highest BCUT2D eigenvalue weighted by atomic mass is 32.1. The largest absolute Gasteiger partial charge is 0.325 e. The predicted octanol–water partition coefficient (Wildman–Crippen LogP) is 3.39. The lowest BCUT2D eigenvalue weighted by molar-refractivity contribution is 0.952. The van der Waals surface area contributed by atoms with Gasteiger partial charge in [0.2, 0.25) is 0 Å². The molecule has 2 N–H and O–H groups in total.